The molecule has 7 heteroatoms. The van der Waals surface area contributed by atoms with E-state index in [1.807, 2.05) is 30.3 Å². The third kappa shape index (κ3) is 4.20. The lowest BCUT2D eigenvalue weighted by atomic mass is 9.88. The minimum atomic E-state index is -0.828. The van der Waals surface area contributed by atoms with Crippen molar-refractivity contribution < 1.29 is 19.1 Å². The molecule has 0 radical (unpaired) electrons. The Labute approximate surface area is 156 Å². The second kappa shape index (κ2) is 8.27. The SMILES string of the molecule is COC(=O)c1ccc(C=NNC(=O)[C@@H]2C(=O)NC[C@@H]2c2ccccc2)cc1. The number of nitrogens with one attached hydrogen (secondary N) is 2. The Bertz CT molecular complexity index is 863. The Kier molecular flexibility index (Phi) is 5.61. The number of amides is 2. The molecule has 0 saturated carbocycles. The van der Waals surface area contributed by atoms with Crippen LogP contribution in [0, 0.1) is 5.92 Å². The molecule has 1 heterocycles. The first-order valence-electron chi connectivity index (χ1n) is 8.44. The van der Waals surface area contributed by atoms with Crippen molar-refractivity contribution in [2.45, 2.75) is 5.92 Å². The van der Waals surface area contributed by atoms with Crippen molar-refractivity contribution in [3.05, 3.63) is 71.3 Å². The molecule has 2 amide bonds. The summed E-state index contributed by atoms with van der Waals surface area (Å²) < 4.78 is 4.63. The van der Waals surface area contributed by atoms with Crippen LogP contribution in [0.3, 0.4) is 0 Å². The summed E-state index contributed by atoms with van der Waals surface area (Å²) in [6, 6.07) is 16.0. The van der Waals surface area contributed by atoms with E-state index in [0.29, 0.717) is 17.7 Å². The van der Waals surface area contributed by atoms with Gasteiger partial charge in [0.15, 0.2) is 0 Å². The van der Waals surface area contributed by atoms with Crippen molar-refractivity contribution in [3.63, 3.8) is 0 Å². The number of ether oxygens (including phenoxy) is 1. The number of carbonyl (C=O) groups excluding carboxylic acids is 3. The average Bonchev–Trinajstić information content (AvgIpc) is 3.10. The summed E-state index contributed by atoms with van der Waals surface area (Å²) in [4.78, 5) is 36.0. The first kappa shape index (κ1) is 18.3. The summed E-state index contributed by atoms with van der Waals surface area (Å²) >= 11 is 0. The molecule has 0 aliphatic carbocycles. The molecule has 3 rings (SSSR count). The third-order valence-corrected chi connectivity index (χ3v) is 4.41. The molecule has 0 bridgehead atoms. The van der Waals surface area contributed by atoms with Gasteiger partial charge in [-0.15, -0.1) is 0 Å². The van der Waals surface area contributed by atoms with E-state index in [2.05, 4.69) is 20.6 Å². The molecular formula is C20H19N3O4. The summed E-state index contributed by atoms with van der Waals surface area (Å²) in [6.07, 6.45) is 1.45. The highest BCUT2D eigenvalue weighted by atomic mass is 16.5. The predicted molar refractivity (Wildman–Crippen MR) is 99.2 cm³/mol. The van der Waals surface area contributed by atoms with E-state index in [0.717, 1.165) is 5.56 Å². The summed E-state index contributed by atoms with van der Waals surface area (Å²) in [5.41, 5.74) is 4.48. The summed E-state index contributed by atoms with van der Waals surface area (Å²) in [7, 11) is 1.31. The first-order chi connectivity index (χ1) is 13.1. The lowest BCUT2D eigenvalue weighted by Gasteiger charge is -2.15. The highest BCUT2D eigenvalue weighted by molar-refractivity contribution is 6.03. The molecule has 1 aliphatic heterocycles. The van der Waals surface area contributed by atoms with Crippen molar-refractivity contribution in [1.29, 1.82) is 0 Å². The Hall–Kier alpha value is -3.48. The van der Waals surface area contributed by atoms with E-state index >= 15 is 0 Å². The smallest absolute Gasteiger partial charge is 0.337 e. The first-order valence-corrected chi connectivity index (χ1v) is 8.44. The Morgan fingerprint density at radius 1 is 1.15 bits per heavy atom. The van der Waals surface area contributed by atoms with E-state index < -0.39 is 17.8 Å². The van der Waals surface area contributed by atoms with Crippen LogP contribution in [0.1, 0.15) is 27.4 Å². The minimum Gasteiger partial charge on any atom is -0.465 e. The van der Waals surface area contributed by atoms with Gasteiger partial charge in [-0.25, -0.2) is 10.2 Å². The monoisotopic (exact) mass is 365 g/mol. The fraction of sp³-hybridized carbons (Fsp3) is 0.200. The molecule has 1 aliphatic rings. The summed E-state index contributed by atoms with van der Waals surface area (Å²) in [5, 5.41) is 6.66. The lowest BCUT2D eigenvalue weighted by molar-refractivity contribution is -0.133. The van der Waals surface area contributed by atoms with Gasteiger partial charge in [-0.2, -0.15) is 5.10 Å². The second-order valence-electron chi connectivity index (χ2n) is 6.09. The zero-order chi connectivity index (χ0) is 19.2. The number of benzene rings is 2. The maximum atomic E-state index is 12.5. The van der Waals surface area contributed by atoms with Crippen molar-refractivity contribution in [1.82, 2.24) is 10.7 Å². The van der Waals surface area contributed by atoms with Gasteiger partial charge < -0.3 is 10.1 Å². The molecule has 7 nitrogen and oxygen atoms in total. The Morgan fingerprint density at radius 2 is 1.85 bits per heavy atom. The minimum absolute atomic E-state index is 0.228. The fourth-order valence-electron chi connectivity index (χ4n) is 3.00. The molecule has 138 valence electrons. The molecule has 2 N–H and O–H groups in total. The van der Waals surface area contributed by atoms with Crippen LogP contribution >= 0.6 is 0 Å². The van der Waals surface area contributed by atoms with Gasteiger partial charge in [0, 0.05) is 12.5 Å². The van der Waals surface area contributed by atoms with Gasteiger partial charge in [0.25, 0.3) is 5.91 Å². The number of hydrogen-bond donors (Lipinski definition) is 2. The van der Waals surface area contributed by atoms with Gasteiger partial charge in [0.2, 0.25) is 5.91 Å². The molecule has 0 aromatic heterocycles. The van der Waals surface area contributed by atoms with Crippen LogP contribution in [0.15, 0.2) is 59.7 Å². The maximum absolute atomic E-state index is 12.5. The molecule has 1 fully saturated rings. The number of hydrazone groups is 1. The normalized spacial score (nSPS) is 18.9. The number of hydrogen-bond acceptors (Lipinski definition) is 5. The van der Waals surface area contributed by atoms with Crippen LogP contribution in [0.5, 0.6) is 0 Å². The zero-order valence-corrected chi connectivity index (χ0v) is 14.7. The van der Waals surface area contributed by atoms with Gasteiger partial charge >= 0.3 is 5.97 Å². The van der Waals surface area contributed by atoms with Gasteiger partial charge in [-0.05, 0) is 23.3 Å². The van der Waals surface area contributed by atoms with E-state index in [1.54, 1.807) is 24.3 Å². The largest absolute Gasteiger partial charge is 0.465 e. The standard InChI is InChI=1S/C20H19N3O4/c1-27-20(26)15-9-7-13(8-10-15)11-22-23-19(25)17-16(12-21-18(17)24)14-5-3-2-4-6-14/h2-11,16-17H,12H2,1H3,(H,21,24)(H,23,25)/t16-,17+/m1/s1. The highest BCUT2D eigenvalue weighted by Gasteiger charge is 2.40. The number of nitrogens with zero attached hydrogens (tertiary/aromatic N) is 1. The Balaban J connectivity index is 1.65. The molecule has 2 atom stereocenters. The van der Waals surface area contributed by atoms with E-state index in [1.165, 1.54) is 13.3 Å². The molecule has 0 unspecified atom stereocenters. The van der Waals surface area contributed by atoms with Crippen molar-refractivity contribution >= 4 is 24.0 Å². The Morgan fingerprint density at radius 3 is 2.52 bits per heavy atom. The van der Waals surface area contributed by atoms with Gasteiger partial charge in [0.05, 0.1) is 18.9 Å². The summed E-state index contributed by atoms with van der Waals surface area (Å²) in [5.74, 6) is -2.24. The second-order valence-corrected chi connectivity index (χ2v) is 6.09. The average molecular weight is 365 g/mol. The van der Waals surface area contributed by atoms with Crippen molar-refractivity contribution in [2.24, 2.45) is 11.0 Å². The topological polar surface area (TPSA) is 96.9 Å². The van der Waals surface area contributed by atoms with Crippen LogP contribution in [-0.4, -0.2) is 37.7 Å². The van der Waals surface area contributed by atoms with E-state index in [9.17, 15) is 14.4 Å². The van der Waals surface area contributed by atoms with Gasteiger partial charge in [0.1, 0.15) is 5.92 Å². The highest BCUT2D eigenvalue weighted by Crippen LogP contribution is 2.28. The lowest BCUT2D eigenvalue weighted by Crippen LogP contribution is -2.34. The van der Waals surface area contributed by atoms with E-state index in [4.69, 9.17) is 0 Å². The molecule has 27 heavy (non-hydrogen) atoms. The van der Waals surface area contributed by atoms with Crippen LogP contribution in [0.4, 0.5) is 0 Å². The van der Waals surface area contributed by atoms with Crippen LogP contribution in [0.25, 0.3) is 0 Å². The number of methoxy groups -OCH3 is 1. The van der Waals surface area contributed by atoms with Gasteiger partial charge in [-0.1, -0.05) is 42.5 Å². The molecular weight excluding hydrogens is 346 g/mol. The van der Waals surface area contributed by atoms with Crippen molar-refractivity contribution in [3.8, 4) is 0 Å². The number of rotatable bonds is 5. The molecule has 1 saturated heterocycles. The van der Waals surface area contributed by atoms with Crippen LogP contribution in [-0.2, 0) is 14.3 Å². The third-order valence-electron chi connectivity index (χ3n) is 4.41. The molecule has 0 spiro atoms. The van der Waals surface area contributed by atoms with Crippen molar-refractivity contribution in [2.75, 3.05) is 13.7 Å². The molecule has 2 aromatic carbocycles. The van der Waals surface area contributed by atoms with Gasteiger partial charge in [-0.3, -0.25) is 9.59 Å². The van der Waals surface area contributed by atoms with E-state index in [-0.39, 0.29) is 11.8 Å². The van der Waals surface area contributed by atoms with Crippen LogP contribution in [0.2, 0.25) is 0 Å². The number of carbonyl (C=O) groups is 3. The molecule has 2 aromatic rings. The number of esters is 1. The fourth-order valence-corrected chi connectivity index (χ4v) is 3.00. The predicted octanol–water partition coefficient (Wildman–Crippen LogP) is 1.45. The quantitative estimate of drug-likeness (QED) is 0.363. The maximum Gasteiger partial charge on any atom is 0.337 e. The van der Waals surface area contributed by atoms with Crippen LogP contribution < -0.4 is 10.7 Å². The summed E-state index contributed by atoms with van der Waals surface area (Å²) in [6.45, 7) is 0.416. The zero-order valence-electron chi connectivity index (χ0n) is 14.7.